The summed E-state index contributed by atoms with van der Waals surface area (Å²) in [7, 11) is 3.06. The van der Waals surface area contributed by atoms with Gasteiger partial charge in [-0.05, 0) is 42.3 Å². The van der Waals surface area contributed by atoms with Crippen LogP contribution in [0.3, 0.4) is 0 Å². The minimum atomic E-state index is -0.668. The molecule has 27 heavy (non-hydrogen) atoms. The van der Waals surface area contributed by atoms with Gasteiger partial charge in [0.25, 0.3) is 11.8 Å². The van der Waals surface area contributed by atoms with Crippen LogP contribution in [0.1, 0.15) is 31.8 Å². The molecule has 1 heterocycles. The van der Waals surface area contributed by atoms with E-state index in [4.69, 9.17) is 14.2 Å². The number of hydrogen-bond acceptors (Lipinski definition) is 6. The molecule has 3 rings (SSSR count). The number of ether oxygens (including phenoxy) is 3. The predicted molar refractivity (Wildman–Crippen MR) is 95.9 cm³/mol. The molecule has 140 valence electrons. The quantitative estimate of drug-likeness (QED) is 0.574. The third-order valence-electron chi connectivity index (χ3n) is 4.40. The fourth-order valence-corrected chi connectivity index (χ4v) is 2.89. The van der Waals surface area contributed by atoms with Crippen LogP contribution in [0.25, 0.3) is 0 Å². The van der Waals surface area contributed by atoms with Crippen LogP contribution < -0.4 is 9.47 Å². The maximum absolute atomic E-state index is 12.3. The number of esters is 1. The van der Waals surface area contributed by atoms with Crippen LogP contribution in [0.2, 0.25) is 0 Å². The molecule has 0 spiro atoms. The molecule has 7 nitrogen and oxygen atoms in total. The molecule has 0 radical (unpaired) electrons. The van der Waals surface area contributed by atoms with Crippen molar-refractivity contribution in [3.05, 3.63) is 58.7 Å². The van der Waals surface area contributed by atoms with Crippen molar-refractivity contribution in [3.63, 3.8) is 0 Å². The van der Waals surface area contributed by atoms with Gasteiger partial charge in [0.15, 0.2) is 11.5 Å². The first-order chi connectivity index (χ1) is 13.0. The Kier molecular flexibility index (Phi) is 5.12. The zero-order valence-corrected chi connectivity index (χ0v) is 15.3. The lowest BCUT2D eigenvalue weighted by Crippen LogP contribution is -2.35. The van der Waals surface area contributed by atoms with Crippen LogP contribution >= 0.6 is 0 Å². The molecule has 1 aliphatic rings. The highest BCUT2D eigenvalue weighted by Gasteiger charge is 2.36. The van der Waals surface area contributed by atoms with E-state index in [1.165, 1.54) is 7.11 Å². The van der Waals surface area contributed by atoms with Gasteiger partial charge in [-0.2, -0.15) is 0 Å². The van der Waals surface area contributed by atoms with Gasteiger partial charge in [0, 0.05) is 0 Å². The SMILES string of the molecule is COc1cc(C)c(COC(=O)CN2C(=O)c3ccccc3C2=O)cc1OC. The second-order valence-electron chi connectivity index (χ2n) is 6.04. The van der Waals surface area contributed by atoms with Gasteiger partial charge >= 0.3 is 5.97 Å². The van der Waals surface area contributed by atoms with Crippen LogP contribution in [-0.4, -0.2) is 43.4 Å². The summed E-state index contributed by atoms with van der Waals surface area (Å²) in [6, 6.07) is 9.98. The second-order valence-corrected chi connectivity index (χ2v) is 6.04. The highest BCUT2D eigenvalue weighted by molar-refractivity contribution is 6.22. The molecule has 0 aromatic heterocycles. The van der Waals surface area contributed by atoms with E-state index in [1.807, 2.05) is 6.92 Å². The fraction of sp³-hybridized carbons (Fsp3) is 0.250. The van der Waals surface area contributed by atoms with E-state index in [2.05, 4.69) is 0 Å². The summed E-state index contributed by atoms with van der Waals surface area (Å²) < 4.78 is 15.7. The number of carbonyl (C=O) groups is 3. The van der Waals surface area contributed by atoms with Gasteiger partial charge < -0.3 is 14.2 Å². The number of nitrogens with zero attached hydrogens (tertiary/aromatic N) is 1. The van der Waals surface area contributed by atoms with Gasteiger partial charge in [-0.3, -0.25) is 19.3 Å². The number of rotatable bonds is 6. The molecule has 0 unspecified atom stereocenters. The largest absolute Gasteiger partial charge is 0.493 e. The van der Waals surface area contributed by atoms with Crippen molar-refractivity contribution in [2.75, 3.05) is 20.8 Å². The van der Waals surface area contributed by atoms with E-state index < -0.39 is 24.3 Å². The third-order valence-corrected chi connectivity index (χ3v) is 4.40. The molecule has 2 amide bonds. The predicted octanol–water partition coefficient (Wildman–Crippen LogP) is 2.35. The molecule has 1 aliphatic heterocycles. The Morgan fingerprint density at radius 1 is 0.963 bits per heavy atom. The van der Waals surface area contributed by atoms with Crippen molar-refractivity contribution >= 4 is 17.8 Å². The average molecular weight is 369 g/mol. The molecule has 0 saturated carbocycles. The molecule has 0 fully saturated rings. The van der Waals surface area contributed by atoms with Crippen LogP contribution in [0.15, 0.2) is 36.4 Å². The number of benzene rings is 2. The minimum absolute atomic E-state index is 0.00576. The number of carbonyl (C=O) groups excluding carboxylic acids is 3. The lowest BCUT2D eigenvalue weighted by molar-refractivity contribution is -0.145. The van der Waals surface area contributed by atoms with Crippen molar-refractivity contribution in [1.29, 1.82) is 0 Å². The number of aryl methyl sites for hydroxylation is 1. The first-order valence-electron chi connectivity index (χ1n) is 8.28. The molecule has 0 N–H and O–H groups in total. The van der Waals surface area contributed by atoms with Gasteiger partial charge in [-0.15, -0.1) is 0 Å². The van der Waals surface area contributed by atoms with Gasteiger partial charge in [0.05, 0.1) is 25.3 Å². The van der Waals surface area contributed by atoms with E-state index in [9.17, 15) is 14.4 Å². The Morgan fingerprint density at radius 2 is 1.52 bits per heavy atom. The van der Waals surface area contributed by atoms with Crippen LogP contribution in [0.5, 0.6) is 11.5 Å². The first-order valence-corrected chi connectivity index (χ1v) is 8.28. The Balaban J connectivity index is 1.66. The van der Waals surface area contributed by atoms with Crippen LogP contribution in [0, 0.1) is 6.92 Å². The Morgan fingerprint density at radius 3 is 2.07 bits per heavy atom. The van der Waals surface area contributed by atoms with E-state index in [0.717, 1.165) is 16.0 Å². The lowest BCUT2D eigenvalue weighted by atomic mass is 10.1. The molecule has 0 aliphatic carbocycles. The second kappa shape index (κ2) is 7.49. The van der Waals surface area contributed by atoms with Crippen molar-refractivity contribution in [1.82, 2.24) is 4.90 Å². The van der Waals surface area contributed by atoms with Crippen molar-refractivity contribution in [2.45, 2.75) is 13.5 Å². The lowest BCUT2D eigenvalue weighted by Gasteiger charge is -2.15. The summed E-state index contributed by atoms with van der Waals surface area (Å²) in [4.78, 5) is 37.7. The zero-order chi connectivity index (χ0) is 19.6. The van der Waals surface area contributed by atoms with Crippen molar-refractivity contribution in [3.8, 4) is 11.5 Å². The van der Waals surface area contributed by atoms with Crippen LogP contribution in [0.4, 0.5) is 0 Å². The number of amides is 2. The first kappa shape index (κ1) is 18.4. The van der Waals surface area contributed by atoms with E-state index in [0.29, 0.717) is 22.6 Å². The van der Waals surface area contributed by atoms with Gasteiger partial charge in [-0.25, -0.2) is 0 Å². The van der Waals surface area contributed by atoms with Gasteiger partial charge in [-0.1, -0.05) is 12.1 Å². The van der Waals surface area contributed by atoms with Gasteiger partial charge in [0.1, 0.15) is 13.2 Å². The summed E-state index contributed by atoms with van der Waals surface area (Å²) in [5.74, 6) is -0.547. The molecule has 0 saturated heterocycles. The van der Waals surface area contributed by atoms with Crippen molar-refractivity contribution < 1.29 is 28.6 Å². The maximum atomic E-state index is 12.3. The number of hydrogen-bond donors (Lipinski definition) is 0. The van der Waals surface area contributed by atoms with Crippen LogP contribution in [-0.2, 0) is 16.1 Å². The molecule has 2 aromatic rings. The van der Waals surface area contributed by atoms with E-state index in [-0.39, 0.29) is 6.61 Å². The van der Waals surface area contributed by atoms with Gasteiger partial charge in [0.2, 0.25) is 0 Å². The summed E-state index contributed by atoms with van der Waals surface area (Å²) in [6.07, 6.45) is 0. The smallest absolute Gasteiger partial charge is 0.326 e. The molecule has 2 aromatic carbocycles. The maximum Gasteiger partial charge on any atom is 0.326 e. The summed E-state index contributed by atoms with van der Waals surface area (Å²) in [5, 5.41) is 0. The highest BCUT2D eigenvalue weighted by Crippen LogP contribution is 2.30. The van der Waals surface area contributed by atoms with E-state index >= 15 is 0 Å². The molecular weight excluding hydrogens is 350 g/mol. The summed E-state index contributed by atoms with van der Waals surface area (Å²) in [5.41, 5.74) is 2.20. The molecule has 0 atom stereocenters. The van der Waals surface area contributed by atoms with E-state index in [1.54, 1.807) is 43.5 Å². The number of methoxy groups -OCH3 is 2. The normalized spacial score (nSPS) is 12.8. The Bertz CT molecular complexity index is 886. The number of fused-ring (bicyclic) bond motifs is 1. The highest BCUT2D eigenvalue weighted by atomic mass is 16.5. The summed E-state index contributed by atoms with van der Waals surface area (Å²) in [6.45, 7) is 1.42. The fourth-order valence-electron chi connectivity index (χ4n) is 2.89. The zero-order valence-electron chi connectivity index (χ0n) is 15.3. The third kappa shape index (κ3) is 3.48. The topological polar surface area (TPSA) is 82.1 Å². The average Bonchev–Trinajstić information content (AvgIpc) is 2.92. The Labute approximate surface area is 156 Å². The molecule has 7 heteroatoms. The summed E-state index contributed by atoms with van der Waals surface area (Å²) >= 11 is 0. The molecule has 0 bridgehead atoms. The Hall–Kier alpha value is -3.35. The standard InChI is InChI=1S/C20H19NO6/c1-12-8-16(25-2)17(26-3)9-13(12)11-27-18(22)10-21-19(23)14-6-4-5-7-15(14)20(21)24/h4-9H,10-11H2,1-3H3. The minimum Gasteiger partial charge on any atom is -0.493 e. The molecular formula is C20H19NO6. The number of imide groups is 1. The van der Waals surface area contributed by atoms with Crippen molar-refractivity contribution in [2.24, 2.45) is 0 Å². The monoisotopic (exact) mass is 369 g/mol.